The van der Waals surface area contributed by atoms with Gasteiger partial charge >= 0.3 is 0 Å². The van der Waals surface area contributed by atoms with E-state index in [9.17, 15) is 5.11 Å². The summed E-state index contributed by atoms with van der Waals surface area (Å²) >= 11 is 6.43. The highest BCUT2D eigenvalue weighted by atomic mass is 35.5. The topological polar surface area (TPSA) is 64.1 Å². The number of nitrogens with zero attached hydrogens (tertiary/aromatic N) is 3. The average molecular weight is 382 g/mol. The number of aromatic nitrogens is 3. The average Bonchev–Trinajstić information content (AvgIpc) is 3.27. The molecule has 1 N–H and O–H groups in total. The van der Waals surface area contributed by atoms with Gasteiger partial charge in [0.25, 0.3) is 5.89 Å². The molecule has 27 heavy (non-hydrogen) atoms. The number of aliphatic hydroxyl groups excluding tert-OH is 1. The van der Waals surface area contributed by atoms with E-state index in [1.54, 1.807) is 0 Å². The Morgan fingerprint density at radius 2 is 2.04 bits per heavy atom. The molecular formula is C21H20ClN3O2. The molecule has 5 nitrogen and oxygen atoms in total. The highest BCUT2D eigenvalue weighted by molar-refractivity contribution is 6.35. The molecule has 0 aliphatic carbocycles. The van der Waals surface area contributed by atoms with Crippen LogP contribution in [0.3, 0.4) is 0 Å². The molecule has 0 unspecified atom stereocenters. The van der Waals surface area contributed by atoms with Crippen LogP contribution >= 0.6 is 11.6 Å². The minimum atomic E-state index is -0.0214. The molecule has 0 fully saturated rings. The van der Waals surface area contributed by atoms with Crippen LogP contribution in [0.5, 0.6) is 0 Å². The maximum absolute atomic E-state index is 9.46. The zero-order valence-corrected chi connectivity index (χ0v) is 16.2. The molecule has 0 spiro atoms. The summed E-state index contributed by atoms with van der Waals surface area (Å²) in [6.07, 6.45) is 1.95. The maximum Gasteiger partial charge on any atom is 0.258 e. The van der Waals surface area contributed by atoms with Crippen molar-refractivity contribution in [3.05, 3.63) is 58.7 Å². The Kier molecular flexibility index (Phi) is 4.50. The van der Waals surface area contributed by atoms with Gasteiger partial charge in [-0.15, -0.1) is 0 Å². The van der Waals surface area contributed by atoms with Gasteiger partial charge in [-0.25, -0.2) is 0 Å². The van der Waals surface area contributed by atoms with Crippen LogP contribution in [0.4, 0.5) is 0 Å². The van der Waals surface area contributed by atoms with Crippen molar-refractivity contribution < 1.29 is 9.63 Å². The Morgan fingerprint density at radius 1 is 1.22 bits per heavy atom. The first kappa shape index (κ1) is 17.8. The van der Waals surface area contributed by atoms with Crippen LogP contribution in [0.1, 0.15) is 31.0 Å². The van der Waals surface area contributed by atoms with Crippen molar-refractivity contribution in [3.63, 3.8) is 0 Å². The fourth-order valence-corrected chi connectivity index (χ4v) is 3.58. The molecule has 0 aliphatic heterocycles. The van der Waals surface area contributed by atoms with E-state index in [-0.39, 0.29) is 6.61 Å². The number of hydrogen-bond acceptors (Lipinski definition) is 4. The largest absolute Gasteiger partial charge is 0.392 e. The van der Waals surface area contributed by atoms with Crippen LogP contribution in [-0.4, -0.2) is 19.8 Å². The normalized spacial score (nSPS) is 11.6. The molecule has 0 bridgehead atoms. The highest BCUT2D eigenvalue weighted by Crippen LogP contribution is 2.33. The van der Waals surface area contributed by atoms with Gasteiger partial charge in [0, 0.05) is 34.3 Å². The molecule has 0 amide bonds. The zero-order chi connectivity index (χ0) is 19.1. The second-order valence-electron chi connectivity index (χ2n) is 6.88. The fraction of sp³-hybridized carbons (Fsp3) is 0.238. The number of rotatable bonds is 4. The maximum atomic E-state index is 9.46. The molecule has 6 heteroatoms. The Bertz CT molecular complexity index is 1130. The van der Waals surface area contributed by atoms with E-state index >= 15 is 0 Å². The van der Waals surface area contributed by atoms with Crippen molar-refractivity contribution >= 4 is 22.5 Å². The summed E-state index contributed by atoms with van der Waals surface area (Å²) < 4.78 is 7.65. The van der Waals surface area contributed by atoms with Gasteiger partial charge in [-0.1, -0.05) is 35.0 Å². The number of hydrogen-bond donors (Lipinski definition) is 1. The first-order valence-electron chi connectivity index (χ1n) is 8.83. The van der Waals surface area contributed by atoms with Crippen molar-refractivity contribution in [2.75, 3.05) is 0 Å². The lowest BCUT2D eigenvalue weighted by molar-refractivity contribution is 0.281. The molecule has 2 aromatic heterocycles. The third-order valence-corrected chi connectivity index (χ3v) is 5.17. The summed E-state index contributed by atoms with van der Waals surface area (Å²) in [6.45, 7) is 6.16. The molecule has 4 rings (SSSR count). The first-order valence-corrected chi connectivity index (χ1v) is 9.21. The third-order valence-electron chi connectivity index (χ3n) is 4.87. The van der Waals surface area contributed by atoms with Crippen LogP contribution < -0.4 is 0 Å². The van der Waals surface area contributed by atoms with E-state index in [0.29, 0.717) is 22.8 Å². The van der Waals surface area contributed by atoms with E-state index in [2.05, 4.69) is 28.6 Å². The van der Waals surface area contributed by atoms with Crippen LogP contribution in [0.15, 0.2) is 47.1 Å². The third kappa shape index (κ3) is 3.03. The standard InChI is InChI=1S/C21H20ClN3O2/c1-12(2)25-10-18(22)17-9-14(7-8-19(17)25)21-23-20(24-27-21)16-6-4-5-15(11-26)13(16)3/h4-10,12,26H,11H2,1-3H3. The Balaban J connectivity index is 1.77. The van der Waals surface area contributed by atoms with Crippen LogP contribution in [-0.2, 0) is 6.61 Å². The summed E-state index contributed by atoms with van der Waals surface area (Å²) in [7, 11) is 0. The smallest absolute Gasteiger partial charge is 0.258 e. The van der Waals surface area contributed by atoms with E-state index in [0.717, 1.165) is 33.2 Å². The van der Waals surface area contributed by atoms with Gasteiger partial charge in [0.1, 0.15) is 0 Å². The summed E-state index contributed by atoms with van der Waals surface area (Å²) in [5.41, 5.74) is 4.54. The van der Waals surface area contributed by atoms with Gasteiger partial charge in [0.2, 0.25) is 5.82 Å². The summed E-state index contributed by atoms with van der Waals surface area (Å²) in [4.78, 5) is 4.56. The second kappa shape index (κ2) is 6.83. The van der Waals surface area contributed by atoms with Gasteiger partial charge in [0.05, 0.1) is 11.6 Å². The van der Waals surface area contributed by atoms with Crippen molar-refractivity contribution in [1.29, 1.82) is 0 Å². The van der Waals surface area contributed by atoms with Gasteiger partial charge in [-0.3, -0.25) is 0 Å². The summed E-state index contributed by atoms with van der Waals surface area (Å²) in [5.74, 6) is 0.942. The van der Waals surface area contributed by atoms with Gasteiger partial charge in [0.15, 0.2) is 0 Å². The number of fused-ring (bicyclic) bond motifs is 1. The minimum Gasteiger partial charge on any atom is -0.392 e. The molecule has 138 valence electrons. The lowest BCUT2D eigenvalue weighted by Gasteiger charge is -2.08. The fourth-order valence-electron chi connectivity index (χ4n) is 3.32. The Hall–Kier alpha value is -2.63. The molecule has 2 heterocycles. The predicted molar refractivity (Wildman–Crippen MR) is 107 cm³/mol. The number of halogens is 1. The van der Waals surface area contributed by atoms with Crippen LogP contribution in [0, 0.1) is 6.92 Å². The zero-order valence-electron chi connectivity index (χ0n) is 15.4. The van der Waals surface area contributed by atoms with E-state index in [1.807, 2.05) is 49.5 Å². The van der Waals surface area contributed by atoms with Crippen molar-refractivity contribution in [2.24, 2.45) is 0 Å². The van der Waals surface area contributed by atoms with Gasteiger partial charge in [-0.05, 0) is 50.1 Å². The van der Waals surface area contributed by atoms with Crippen LogP contribution in [0.2, 0.25) is 5.02 Å². The predicted octanol–water partition coefficient (Wildman–Crippen LogP) is 5.39. The van der Waals surface area contributed by atoms with Crippen LogP contribution in [0.25, 0.3) is 33.7 Å². The molecule has 0 radical (unpaired) electrons. The molecule has 0 atom stereocenters. The molecule has 2 aromatic carbocycles. The quantitative estimate of drug-likeness (QED) is 0.514. The SMILES string of the molecule is Cc1c(CO)cccc1-c1noc(-c2ccc3c(c2)c(Cl)cn3C(C)C)n1. The monoisotopic (exact) mass is 381 g/mol. The van der Waals surface area contributed by atoms with E-state index in [4.69, 9.17) is 16.1 Å². The lowest BCUT2D eigenvalue weighted by Crippen LogP contribution is -1.97. The van der Waals surface area contributed by atoms with Gasteiger partial charge < -0.3 is 14.2 Å². The molecule has 4 aromatic rings. The molecule has 0 aliphatic rings. The number of aliphatic hydroxyl groups is 1. The highest BCUT2D eigenvalue weighted by Gasteiger charge is 2.16. The number of benzene rings is 2. The van der Waals surface area contributed by atoms with E-state index in [1.165, 1.54) is 0 Å². The second-order valence-corrected chi connectivity index (χ2v) is 7.29. The van der Waals surface area contributed by atoms with Crippen molar-refractivity contribution in [1.82, 2.24) is 14.7 Å². The summed E-state index contributed by atoms with van der Waals surface area (Å²) in [6, 6.07) is 12.0. The Morgan fingerprint density at radius 3 is 2.78 bits per heavy atom. The van der Waals surface area contributed by atoms with Gasteiger partial charge in [-0.2, -0.15) is 4.98 Å². The van der Waals surface area contributed by atoms with Crippen molar-refractivity contribution in [2.45, 2.75) is 33.4 Å². The minimum absolute atomic E-state index is 0.0214. The van der Waals surface area contributed by atoms with E-state index < -0.39 is 0 Å². The Labute approximate surface area is 162 Å². The van der Waals surface area contributed by atoms with Crippen molar-refractivity contribution in [3.8, 4) is 22.8 Å². The lowest BCUT2D eigenvalue weighted by atomic mass is 10.0. The summed E-state index contributed by atoms with van der Waals surface area (Å²) in [5, 5.41) is 15.3. The first-order chi connectivity index (χ1) is 13.0. The molecular weight excluding hydrogens is 362 g/mol. The molecule has 0 saturated heterocycles. The molecule has 0 saturated carbocycles.